The van der Waals surface area contributed by atoms with Crippen LogP contribution in [0.15, 0.2) is 24.3 Å². The van der Waals surface area contributed by atoms with Gasteiger partial charge in [-0.1, -0.05) is 23.7 Å². The van der Waals surface area contributed by atoms with Crippen molar-refractivity contribution in [1.82, 2.24) is 5.32 Å². The molecule has 1 amide bonds. The van der Waals surface area contributed by atoms with E-state index in [0.29, 0.717) is 18.0 Å². The van der Waals surface area contributed by atoms with Crippen LogP contribution in [0, 0.1) is 0 Å². The zero-order valence-corrected chi connectivity index (χ0v) is 12.3. The van der Waals surface area contributed by atoms with Crippen LogP contribution in [0.4, 0.5) is 0 Å². The van der Waals surface area contributed by atoms with Crippen LogP contribution in [0.25, 0.3) is 0 Å². The first kappa shape index (κ1) is 14.7. The first-order valence-electron chi connectivity index (χ1n) is 6.39. The van der Waals surface area contributed by atoms with Gasteiger partial charge in [-0.3, -0.25) is 4.79 Å². The number of thioether (sulfide) groups is 1. The van der Waals surface area contributed by atoms with Crippen LogP contribution in [-0.2, 0) is 11.2 Å². The summed E-state index contributed by atoms with van der Waals surface area (Å²) in [6, 6.07) is 7.27. The Labute approximate surface area is 122 Å². The lowest BCUT2D eigenvalue weighted by Crippen LogP contribution is -2.45. The molecule has 0 unspecified atom stereocenters. The van der Waals surface area contributed by atoms with E-state index in [2.05, 4.69) is 5.32 Å². The number of carbonyl (C=O) groups is 1. The average Bonchev–Trinajstić information content (AvgIpc) is 2.38. The average molecular weight is 300 g/mol. The summed E-state index contributed by atoms with van der Waals surface area (Å²) in [4.78, 5) is 11.8. The van der Waals surface area contributed by atoms with Gasteiger partial charge in [0, 0.05) is 11.6 Å². The Morgan fingerprint density at radius 1 is 1.42 bits per heavy atom. The maximum absolute atomic E-state index is 11.8. The number of aliphatic hydroxyl groups is 1. The SMILES string of the molecule is O=C(Cc1cccc(Cl)c1)NCC1(O)CCSCC1. The molecule has 1 aromatic rings. The van der Waals surface area contributed by atoms with Crippen LogP contribution < -0.4 is 5.32 Å². The number of hydrogen-bond donors (Lipinski definition) is 2. The van der Waals surface area contributed by atoms with Gasteiger partial charge in [-0.15, -0.1) is 0 Å². The van der Waals surface area contributed by atoms with Crippen LogP contribution in [0.5, 0.6) is 0 Å². The van der Waals surface area contributed by atoms with Crippen molar-refractivity contribution in [3.8, 4) is 0 Å². The van der Waals surface area contributed by atoms with Crippen LogP contribution >= 0.6 is 23.4 Å². The van der Waals surface area contributed by atoms with E-state index in [1.807, 2.05) is 23.9 Å². The van der Waals surface area contributed by atoms with Crippen molar-refractivity contribution < 1.29 is 9.90 Å². The summed E-state index contributed by atoms with van der Waals surface area (Å²) in [5, 5.41) is 13.7. The van der Waals surface area contributed by atoms with Gasteiger partial charge in [-0.25, -0.2) is 0 Å². The van der Waals surface area contributed by atoms with E-state index in [9.17, 15) is 9.90 Å². The number of rotatable bonds is 4. The normalized spacial score (nSPS) is 18.0. The Bertz CT molecular complexity index is 447. The third-order valence-electron chi connectivity index (χ3n) is 3.29. The van der Waals surface area contributed by atoms with Gasteiger partial charge >= 0.3 is 0 Å². The third-order valence-corrected chi connectivity index (χ3v) is 4.51. The Balaban J connectivity index is 1.81. The molecule has 2 rings (SSSR count). The molecule has 1 aliphatic heterocycles. The first-order chi connectivity index (χ1) is 9.07. The van der Waals surface area contributed by atoms with E-state index < -0.39 is 5.60 Å². The minimum Gasteiger partial charge on any atom is -0.388 e. The lowest BCUT2D eigenvalue weighted by Gasteiger charge is -2.31. The topological polar surface area (TPSA) is 49.3 Å². The highest BCUT2D eigenvalue weighted by molar-refractivity contribution is 7.99. The van der Waals surface area contributed by atoms with Crippen LogP contribution in [-0.4, -0.2) is 34.7 Å². The summed E-state index contributed by atoms with van der Waals surface area (Å²) in [5.41, 5.74) is 0.158. The molecule has 0 atom stereocenters. The van der Waals surface area contributed by atoms with Crippen LogP contribution in [0.2, 0.25) is 5.02 Å². The molecular formula is C14H18ClNO2S. The molecule has 1 aromatic carbocycles. The number of benzene rings is 1. The minimum atomic E-state index is -0.727. The Morgan fingerprint density at radius 3 is 2.84 bits per heavy atom. The number of halogens is 1. The van der Waals surface area contributed by atoms with Crippen molar-refractivity contribution in [2.24, 2.45) is 0 Å². The van der Waals surface area contributed by atoms with Gasteiger partial charge in [0.05, 0.1) is 12.0 Å². The van der Waals surface area contributed by atoms with Crippen LogP contribution in [0.3, 0.4) is 0 Å². The van der Waals surface area contributed by atoms with E-state index in [4.69, 9.17) is 11.6 Å². The van der Waals surface area contributed by atoms with Crippen molar-refractivity contribution in [3.63, 3.8) is 0 Å². The van der Waals surface area contributed by atoms with Crippen molar-refractivity contribution in [1.29, 1.82) is 0 Å². The van der Waals surface area contributed by atoms with Gasteiger partial charge in [0.2, 0.25) is 5.91 Å². The molecule has 1 aliphatic rings. The fraction of sp³-hybridized carbons (Fsp3) is 0.500. The molecule has 19 heavy (non-hydrogen) atoms. The third kappa shape index (κ3) is 4.71. The van der Waals surface area contributed by atoms with Crippen LogP contribution in [0.1, 0.15) is 18.4 Å². The van der Waals surface area contributed by atoms with Gasteiger partial charge in [0.15, 0.2) is 0 Å². The molecular weight excluding hydrogens is 282 g/mol. The van der Waals surface area contributed by atoms with Gasteiger partial charge in [-0.05, 0) is 42.0 Å². The second kappa shape index (κ2) is 6.64. The highest BCUT2D eigenvalue weighted by Crippen LogP contribution is 2.26. The predicted octanol–water partition coefficient (Wildman–Crippen LogP) is 2.26. The van der Waals surface area contributed by atoms with Crippen molar-refractivity contribution in [2.75, 3.05) is 18.1 Å². The number of amides is 1. The van der Waals surface area contributed by atoms with Crippen molar-refractivity contribution in [2.45, 2.75) is 24.9 Å². The Morgan fingerprint density at radius 2 is 2.16 bits per heavy atom. The molecule has 3 nitrogen and oxygen atoms in total. The molecule has 0 aliphatic carbocycles. The smallest absolute Gasteiger partial charge is 0.224 e. The minimum absolute atomic E-state index is 0.0751. The number of hydrogen-bond acceptors (Lipinski definition) is 3. The maximum atomic E-state index is 11.8. The van der Waals surface area contributed by atoms with Crippen molar-refractivity contribution >= 4 is 29.3 Å². The fourth-order valence-corrected chi connectivity index (χ4v) is 3.55. The monoisotopic (exact) mass is 299 g/mol. The summed E-state index contributed by atoms with van der Waals surface area (Å²) in [7, 11) is 0. The molecule has 1 fully saturated rings. The van der Waals surface area contributed by atoms with Gasteiger partial charge in [-0.2, -0.15) is 11.8 Å². The fourth-order valence-electron chi connectivity index (χ4n) is 2.09. The first-order valence-corrected chi connectivity index (χ1v) is 7.92. The summed E-state index contributed by atoms with van der Waals surface area (Å²) >= 11 is 7.72. The lowest BCUT2D eigenvalue weighted by molar-refractivity contribution is -0.121. The summed E-state index contributed by atoms with van der Waals surface area (Å²) in [6.07, 6.45) is 1.79. The Hall–Kier alpha value is -0.710. The molecule has 0 bridgehead atoms. The van der Waals surface area contributed by atoms with Gasteiger partial charge < -0.3 is 10.4 Å². The molecule has 2 N–H and O–H groups in total. The molecule has 0 saturated carbocycles. The molecule has 5 heteroatoms. The zero-order valence-electron chi connectivity index (χ0n) is 10.7. The van der Waals surface area contributed by atoms with E-state index in [0.717, 1.165) is 29.9 Å². The molecule has 0 aromatic heterocycles. The van der Waals surface area contributed by atoms with E-state index in [1.54, 1.807) is 12.1 Å². The summed E-state index contributed by atoms with van der Waals surface area (Å²) in [6.45, 7) is 0.340. The molecule has 1 saturated heterocycles. The van der Waals surface area contributed by atoms with Gasteiger partial charge in [0.25, 0.3) is 0 Å². The van der Waals surface area contributed by atoms with E-state index in [-0.39, 0.29) is 5.91 Å². The summed E-state index contributed by atoms with van der Waals surface area (Å²) < 4.78 is 0. The second-order valence-electron chi connectivity index (χ2n) is 4.92. The largest absolute Gasteiger partial charge is 0.388 e. The predicted molar refractivity (Wildman–Crippen MR) is 79.7 cm³/mol. The number of nitrogens with one attached hydrogen (secondary N) is 1. The lowest BCUT2D eigenvalue weighted by atomic mass is 9.97. The van der Waals surface area contributed by atoms with Crippen molar-refractivity contribution in [3.05, 3.63) is 34.9 Å². The standard InChI is InChI=1S/C14H18ClNO2S/c15-12-3-1-2-11(8-12)9-13(17)16-10-14(18)4-6-19-7-5-14/h1-3,8,18H,4-7,9-10H2,(H,16,17). The van der Waals surface area contributed by atoms with E-state index in [1.165, 1.54) is 0 Å². The highest BCUT2D eigenvalue weighted by atomic mass is 35.5. The second-order valence-corrected chi connectivity index (χ2v) is 6.58. The quantitative estimate of drug-likeness (QED) is 0.896. The Kier molecular flexibility index (Phi) is 5.13. The zero-order chi connectivity index (χ0) is 13.7. The van der Waals surface area contributed by atoms with E-state index >= 15 is 0 Å². The molecule has 1 heterocycles. The molecule has 0 radical (unpaired) electrons. The highest BCUT2D eigenvalue weighted by Gasteiger charge is 2.29. The molecule has 0 spiro atoms. The maximum Gasteiger partial charge on any atom is 0.224 e. The number of carbonyl (C=O) groups excluding carboxylic acids is 1. The molecule has 104 valence electrons. The summed E-state index contributed by atoms with van der Waals surface area (Å²) in [5.74, 6) is 1.84. The van der Waals surface area contributed by atoms with Gasteiger partial charge in [0.1, 0.15) is 0 Å².